The van der Waals surface area contributed by atoms with Crippen molar-refractivity contribution in [3.8, 4) is 6.07 Å². The van der Waals surface area contributed by atoms with Gasteiger partial charge in [0.25, 0.3) is 5.91 Å². The van der Waals surface area contributed by atoms with E-state index in [2.05, 4.69) is 5.32 Å². The minimum atomic E-state index is -0.600. The minimum Gasteiger partial charge on any atom is -0.452 e. The third-order valence-electron chi connectivity index (χ3n) is 2.59. The number of nitrogens with one attached hydrogen (secondary N) is 1. The number of nitriles is 1. The van der Waals surface area contributed by atoms with Gasteiger partial charge < -0.3 is 10.1 Å². The average Bonchev–Trinajstić information content (AvgIpc) is 3.05. The first-order valence-electron chi connectivity index (χ1n) is 6.36. The van der Waals surface area contributed by atoms with Crippen molar-refractivity contribution in [2.75, 3.05) is 11.9 Å². The zero-order valence-corrected chi connectivity index (χ0v) is 12.3. The molecule has 0 saturated heterocycles. The molecule has 2 aromatic rings. The van der Waals surface area contributed by atoms with Crippen molar-refractivity contribution < 1.29 is 14.3 Å². The molecule has 22 heavy (non-hydrogen) atoms. The Bertz CT molecular complexity index is 730. The van der Waals surface area contributed by atoms with Crippen LogP contribution in [0.2, 0.25) is 0 Å². The predicted octanol–water partition coefficient (Wildman–Crippen LogP) is 2.81. The maximum absolute atomic E-state index is 11.7. The normalized spacial score (nSPS) is 10.1. The van der Waals surface area contributed by atoms with Crippen LogP contribution in [0.25, 0.3) is 6.08 Å². The molecule has 0 bridgehead atoms. The monoisotopic (exact) mass is 312 g/mol. The SMILES string of the molecule is N#Cc1ccccc1NC(=O)COC(=O)/C=C/c1cccs1. The average molecular weight is 312 g/mol. The second-order valence-electron chi connectivity index (χ2n) is 4.16. The van der Waals surface area contributed by atoms with Crippen LogP contribution < -0.4 is 5.32 Å². The molecule has 0 fully saturated rings. The fourth-order valence-corrected chi connectivity index (χ4v) is 2.21. The molecule has 0 aliphatic carbocycles. The quantitative estimate of drug-likeness (QED) is 0.680. The van der Waals surface area contributed by atoms with Gasteiger partial charge in [-0.15, -0.1) is 11.3 Å². The minimum absolute atomic E-state index is 0.347. The van der Waals surface area contributed by atoms with Gasteiger partial charge in [-0.1, -0.05) is 18.2 Å². The lowest BCUT2D eigenvalue weighted by Crippen LogP contribution is -2.20. The van der Waals surface area contributed by atoms with E-state index in [1.165, 1.54) is 17.4 Å². The van der Waals surface area contributed by atoms with E-state index in [0.29, 0.717) is 11.3 Å². The number of esters is 1. The van der Waals surface area contributed by atoms with Crippen molar-refractivity contribution in [3.63, 3.8) is 0 Å². The molecule has 1 aromatic carbocycles. The number of para-hydroxylation sites is 1. The summed E-state index contributed by atoms with van der Waals surface area (Å²) in [4.78, 5) is 24.1. The Balaban J connectivity index is 1.83. The van der Waals surface area contributed by atoms with Crippen LogP contribution in [-0.4, -0.2) is 18.5 Å². The lowest BCUT2D eigenvalue weighted by atomic mass is 10.2. The van der Waals surface area contributed by atoms with Gasteiger partial charge in [-0.2, -0.15) is 5.26 Å². The summed E-state index contributed by atoms with van der Waals surface area (Å²) in [6.07, 6.45) is 2.89. The molecule has 2 rings (SSSR count). The highest BCUT2D eigenvalue weighted by atomic mass is 32.1. The maximum Gasteiger partial charge on any atom is 0.331 e. The van der Waals surface area contributed by atoms with E-state index in [9.17, 15) is 9.59 Å². The van der Waals surface area contributed by atoms with Gasteiger partial charge in [-0.3, -0.25) is 4.79 Å². The second-order valence-corrected chi connectivity index (χ2v) is 5.14. The van der Waals surface area contributed by atoms with E-state index in [1.54, 1.807) is 30.3 Å². The smallest absolute Gasteiger partial charge is 0.331 e. The fraction of sp³-hybridized carbons (Fsp3) is 0.0625. The van der Waals surface area contributed by atoms with Crippen molar-refractivity contribution >= 4 is 35.0 Å². The lowest BCUT2D eigenvalue weighted by molar-refractivity contribution is -0.142. The molecule has 1 aromatic heterocycles. The summed E-state index contributed by atoms with van der Waals surface area (Å²) in [6.45, 7) is -0.409. The maximum atomic E-state index is 11.7. The lowest BCUT2D eigenvalue weighted by Gasteiger charge is -2.06. The van der Waals surface area contributed by atoms with Gasteiger partial charge in [0, 0.05) is 11.0 Å². The molecule has 6 heteroatoms. The highest BCUT2D eigenvalue weighted by Crippen LogP contribution is 2.13. The van der Waals surface area contributed by atoms with Crippen LogP contribution in [0.4, 0.5) is 5.69 Å². The van der Waals surface area contributed by atoms with Crippen molar-refractivity contribution in [2.24, 2.45) is 0 Å². The molecule has 1 amide bonds. The summed E-state index contributed by atoms with van der Waals surface area (Å²) < 4.78 is 4.83. The molecule has 0 saturated carbocycles. The number of hydrogen-bond acceptors (Lipinski definition) is 5. The van der Waals surface area contributed by atoms with Crippen LogP contribution in [0.5, 0.6) is 0 Å². The molecular weight excluding hydrogens is 300 g/mol. The van der Waals surface area contributed by atoms with Crippen LogP contribution in [0.3, 0.4) is 0 Å². The number of carbonyl (C=O) groups is 2. The van der Waals surface area contributed by atoms with Gasteiger partial charge in [0.15, 0.2) is 6.61 Å². The van der Waals surface area contributed by atoms with Crippen LogP contribution in [0.1, 0.15) is 10.4 Å². The summed E-state index contributed by atoms with van der Waals surface area (Å²) >= 11 is 1.49. The Labute approximate surface area is 131 Å². The number of rotatable bonds is 5. The van der Waals surface area contributed by atoms with E-state index < -0.39 is 18.5 Å². The van der Waals surface area contributed by atoms with Gasteiger partial charge in [0.2, 0.25) is 0 Å². The fourth-order valence-electron chi connectivity index (χ4n) is 1.60. The standard InChI is InChI=1S/C16H12N2O3S/c17-10-12-4-1-2-6-14(12)18-15(19)11-21-16(20)8-7-13-5-3-9-22-13/h1-9H,11H2,(H,18,19)/b8-7+. The number of carbonyl (C=O) groups excluding carboxylic acids is 2. The molecule has 0 aliphatic rings. The molecule has 0 unspecified atom stereocenters. The van der Waals surface area contributed by atoms with E-state index in [0.717, 1.165) is 4.88 Å². The Kier molecular flexibility index (Phi) is 5.46. The molecule has 1 heterocycles. The highest BCUT2D eigenvalue weighted by molar-refractivity contribution is 7.10. The summed E-state index contributed by atoms with van der Waals surface area (Å²) in [7, 11) is 0. The first-order valence-corrected chi connectivity index (χ1v) is 7.24. The summed E-state index contributed by atoms with van der Waals surface area (Å²) in [5.74, 6) is -1.10. The Morgan fingerprint density at radius 1 is 1.27 bits per heavy atom. The molecule has 1 N–H and O–H groups in total. The van der Waals surface area contributed by atoms with Crippen LogP contribution in [0, 0.1) is 11.3 Å². The van der Waals surface area contributed by atoms with Crippen LogP contribution in [-0.2, 0) is 14.3 Å². The third-order valence-corrected chi connectivity index (χ3v) is 3.43. The Morgan fingerprint density at radius 3 is 2.82 bits per heavy atom. The number of hydrogen-bond donors (Lipinski definition) is 1. The number of amides is 1. The zero-order chi connectivity index (χ0) is 15.8. The molecule has 0 aliphatic heterocycles. The van der Waals surface area contributed by atoms with E-state index in [1.807, 2.05) is 23.6 Å². The third kappa shape index (κ3) is 4.58. The van der Waals surface area contributed by atoms with Crippen molar-refractivity contribution in [1.82, 2.24) is 0 Å². The van der Waals surface area contributed by atoms with Crippen LogP contribution >= 0.6 is 11.3 Å². The number of ether oxygens (including phenoxy) is 1. The molecule has 5 nitrogen and oxygen atoms in total. The van der Waals surface area contributed by atoms with Crippen molar-refractivity contribution in [2.45, 2.75) is 0 Å². The van der Waals surface area contributed by atoms with E-state index in [-0.39, 0.29) is 0 Å². The Morgan fingerprint density at radius 2 is 2.09 bits per heavy atom. The summed E-state index contributed by atoms with van der Waals surface area (Å²) in [5, 5.41) is 13.3. The van der Waals surface area contributed by atoms with Gasteiger partial charge in [-0.05, 0) is 29.7 Å². The van der Waals surface area contributed by atoms with Crippen molar-refractivity contribution in [1.29, 1.82) is 5.26 Å². The first kappa shape index (κ1) is 15.5. The largest absolute Gasteiger partial charge is 0.452 e. The summed E-state index contributed by atoms with van der Waals surface area (Å²) in [5.41, 5.74) is 0.736. The number of nitrogens with zero attached hydrogens (tertiary/aromatic N) is 1. The second kappa shape index (κ2) is 7.76. The van der Waals surface area contributed by atoms with E-state index in [4.69, 9.17) is 10.00 Å². The molecule has 0 radical (unpaired) electrons. The Hall–Kier alpha value is -2.91. The highest BCUT2D eigenvalue weighted by Gasteiger charge is 2.08. The van der Waals surface area contributed by atoms with Gasteiger partial charge in [0.1, 0.15) is 6.07 Å². The van der Waals surface area contributed by atoms with Gasteiger partial charge >= 0.3 is 5.97 Å². The molecular formula is C16H12N2O3S. The number of thiophene rings is 1. The van der Waals surface area contributed by atoms with Crippen molar-refractivity contribution in [3.05, 3.63) is 58.3 Å². The first-order chi connectivity index (χ1) is 10.7. The molecule has 110 valence electrons. The molecule has 0 spiro atoms. The zero-order valence-electron chi connectivity index (χ0n) is 11.5. The predicted molar refractivity (Wildman–Crippen MR) is 84.1 cm³/mol. The van der Waals surface area contributed by atoms with Gasteiger partial charge in [-0.25, -0.2) is 4.79 Å². The summed E-state index contributed by atoms with van der Waals surface area (Å²) in [6, 6.07) is 12.3. The number of benzene rings is 1. The van der Waals surface area contributed by atoms with Gasteiger partial charge in [0.05, 0.1) is 11.3 Å². The van der Waals surface area contributed by atoms with E-state index >= 15 is 0 Å². The number of anilines is 1. The topological polar surface area (TPSA) is 79.2 Å². The van der Waals surface area contributed by atoms with Crippen LogP contribution in [0.15, 0.2) is 47.9 Å². The molecule has 0 atom stereocenters.